The number of rotatable bonds is 5. The second-order valence-electron chi connectivity index (χ2n) is 4.87. The Hall–Kier alpha value is -0.360. The van der Waals surface area contributed by atoms with Gasteiger partial charge in [0, 0.05) is 22.5 Å². The molecule has 1 aliphatic rings. The van der Waals surface area contributed by atoms with Crippen LogP contribution in [-0.2, 0) is 0 Å². The highest BCUT2D eigenvalue weighted by Gasteiger charge is 2.25. The van der Waals surface area contributed by atoms with Crippen LogP contribution in [0.25, 0.3) is 0 Å². The Kier molecular flexibility index (Phi) is 5.88. The summed E-state index contributed by atoms with van der Waals surface area (Å²) in [5, 5.41) is 0.526. The Balaban J connectivity index is 2.12. The highest BCUT2D eigenvalue weighted by Crippen LogP contribution is 2.34. The van der Waals surface area contributed by atoms with Crippen LogP contribution in [0.1, 0.15) is 25.5 Å². The van der Waals surface area contributed by atoms with Gasteiger partial charge in [-0.1, -0.05) is 12.1 Å². The van der Waals surface area contributed by atoms with Gasteiger partial charge in [-0.25, -0.2) is 0 Å². The van der Waals surface area contributed by atoms with E-state index in [2.05, 4.69) is 17.6 Å². The first-order chi connectivity index (χ1) is 9.20. The molecule has 1 aromatic rings. The summed E-state index contributed by atoms with van der Waals surface area (Å²) in [6.45, 7) is 4.08. The van der Waals surface area contributed by atoms with Crippen LogP contribution in [0.2, 0.25) is 0 Å². The van der Waals surface area contributed by atoms with Crippen LogP contribution < -0.4 is 16.0 Å². The molecule has 2 atom stereocenters. The lowest BCUT2D eigenvalue weighted by molar-refractivity contribution is 0.242. The van der Waals surface area contributed by atoms with Gasteiger partial charge in [0.1, 0.15) is 5.75 Å². The molecule has 3 nitrogen and oxygen atoms in total. The highest BCUT2D eigenvalue weighted by atomic mass is 32.2. The van der Waals surface area contributed by atoms with E-state index in [0.717, 1.165) is 11.5 Å². The largest absolute Gasteiger partial charge is 0.491 e. The molecular formula is C14H22N2OS2. The van der Waals surface area contributed by atoms with Gasteiger partial charge in [0.25, 0.3) is 0 Å². The van der Waals surface area contributed by atoms with Crippen LogP contribution in [0.5, 0.6) is 5.75 Å². The molecule has 5 heteroatoms. The number of hydrogen-bond acceptors (Lipinski definition) is 5. The van der Waals surface area contributed by atoms with Crippen molar-refractivity contribution in [2.24, 2.45) is 5.84 Å². The van der Waals surface area contributed by atoms with Crippen molar-refractivity contribution in [2.75, 3.05) is 17.3 Å². The summed E-state index contributed by atoms with van der Waals surface area (Å²) < 4.78 is 5.76. The van der Waals surface area contributed by atoms with Crippen LogP contribution >= 0.6 is 23.5 Å². The minimum Gasteiger partial charge on any atom is -0.491 e. The van der Waals surface area contributed by atoms with E-state index in [1.165, 1.54) is 17.1 Å². The fourth-order valence-electron chi connectivity index (χ4n) is 2.17. The van der Waals surface area contributed by atoms with E-state index in [1.54, 1.807) is 0 Å². The van der Waals surface area contributed by atoms with E-state index in [9.17, 15) is 0 Å². The lowest BCUT2D eigenvalue weighted by atomic mass is 10.0. The number of ether oxygens (including phenoxy) is 1. The monoisotopic (exact) mass is 298 g/mol. The molecule has 19 heavy (non-hydrogen) atoms. The summed E-state index contributed by atoms with van der Waals surface area (Å²) >= 11 is 4.01. The van der Waals surface area contributed by atoms with Gasteiger partial charge >= 0.3 is 0 Å². The van der Waals surface area contributed by atoms with Crippen LogP contribution in [-0.4, -0.2) is 28.6 Å². The van der Waals surface area contributed by atoms with E-state index in [4.69, 9.17) is 10.6 Å². The molecule has 0 aliphatic carbocycles. The topological polar surface area (TPSA) is 47.3 Å². The van der Waals surface area contributed by atoms with E-state index in [1.807, 2.05) is 49.5 Å². The minimum absolute atomic E-state index is 0.188. The highest BCUT2D eigenvalue weighted by molar-refractivity contribution is 8.06. The van der Waals surface area contributed by atoms with Crippen LogP contribution in [0.15, 0.2) is 24.3 Å². The lowest BCUT2D eigenvalue weighted by Gasteiger charge is -2.29. The zero-order valence-corrected chi connectivity index (χ0v) is 13.1. The minimum atomic E-state index is 0.188. The van der Waals surface area contributed by atoms with Gasteiger partial charge < -0.3 is 4.74 Å². The Morgan fingerprint density at radius 2 is 2.21 bits per heavy atom. The summed E-state index contributed by atoms with van der Waals surface area (Å²) in [4.78, 5) is 0. The van der Waals surface area contributed by atoms with Gasteiger partial charge in [-0.2, -0.15) is 23.5 Å². The first-order valence-corrected chi connectivity index (χ1v) is 8.83. The molecule has 1 heterocycles. The second kappa shape index (κ2) is 7.43. The fraction of sp³-hybridized carbons (Fsp3) is 0.571. The Morgan fingerprint density at radius 1 is 1.37 bits per heavy atom. The average molecular weight is 298 g/mol. The molecule has 0 spiro atoms. The van der Waals surface area contributed by atoms with Crippen molar-refractivity contribution < 1.29 is 4.74 Å². The van der Waals surface area contributed by atoms with Crippen molar-refractivity contribution in [2.45, 2.75) is 31.2 Å². The standard InChI is InChI=1S/C14H22N2OS2/c1-10(2)17-12-5-3-4-11(8-12)14(16-15)13-9-18-6-7-19-13/h3-5,8,10,13-14,16H,6-7,9,15H2,1-2H3. The number of benzene rings is 1. The van der Waals surface area contributed by atoms with Gasteiger partial charge in [0.2, 0.25) is 0 Å². The predicted octanol–water partition coefficient (Wildman–Crippen LogP) is 2.83. The van der Waals surface area contributed by atoms with Crippen molar-refractivity contribution in [1.29, 1.82) is 0 Å². The Morgan fingerprint density at radius 3 is 2.84 bits per heavy atom. The normalized spacial score (nSPS) is 21.4. The molecule has 1 saturated heterocycles. The zero-order chi connectivity index (χ0) is 13.7. The van der Waals surface area contributed by atoms with Gasteiger partial charge in [0.15, 0.2) is 0 Å². The molecule has 3 N–H and O–H groups in total. The molecule has 0 radical (unpaired) electrons. The number of nitrogens with one attached hydrogen (secondary N) is 1. The number of thioether (sulfide) groups is 2. The predicted molar refractivity (Wildman–Crippen MR) is 85.8 cm³/mol. The van der Waals surface area contributed by atoms with Gasteiger partial charge in [-0.15, -0.1) is 0 Å². The summed E-state index contributed by atoms with van der Waals surface area (Å²) in [6, 6.07) is 8.45. The second-order valence-corrected chi connectivity index (χ2v) is 7.36. The lowest BCUT2D eigenvalue weighted by Crippen LogP contribution is -2.37. The van der Waals surface area contributed by atoms with E-state index < -0.39 is 0 Å². The molecule has 2 unspecified atom stereocenters. The van der Waals surface area contributed by atoms with E-state index >= 15 is 0 Å². The summed E-state index contributed by atoms with van der Waals surface area (Å²) in [7, 11) is 0. The SMILES string of the molecule is CC(C)Oc1cccc(C(NN)C2CSCCS2)c1. The number of hydrogen-bond donors (Lipinski definition) is 2. The zero-order valence-electron chi connectivity index (χ0n) is 11.5. The number of nitrogens with two attached hydrogens (primary N) is 1. The smallest absolute Gasteiger partial charge is 0.120 e. The van der Waals surface area contributed by atoms with Crippen molar-refractivity contribution in [1.82, 2.24) is 5.43 Å². The molecule has 1 aromatic carbocycles. The Bertz CT molecular complexity index is 395. The summed E-state index contributed by atoms with van der Waals surface area (Å²) in [6.07, 6.45) is 0.194. The van der Waals surface area contributed by atoms with Crippen molar-refractivity contribution in [3.8, 4) is 5.75 Å². The van der Waals surface area contributed by atoms with Gasteiger partial charge in [-0.05, 0) is 31.5 Å². The molecule has 0 amide bonds. The van der Waals surface area contributed by atoms with Crippen molar-refractivity contribution in [3.05, 3.63) is 29.8 Å². The third-order valence-electron chi connectivity index (χ3n) is 2.98. The van der Waals surface area contributed by atoms with Crippen LogP contribution in [0.3, 0.4) is 0 Å². The van der Waals surface area contributed by atoms with Crippen LogP contribution in [0, 0.1) is 0 Å². The van der Waals surface area contributed by atoms with Gasteiger partial charge in [-0.3, -0.25) is 11.3 Å². The summed E-state index contributed by atoms with van der Waals surface area (Å²) in [5.41, 5.74) is 4.19. The maximum Gasteiger partial charge on any atom is 0.120 e. The Labute approximate surface area is 124 Å². The van der Waals surface area contributed by atoms with Gasteiger partial charge in [0.05, 0.1) is 12.1 Å². The first-order valence-electron chi connectivity index (χ1n) is 6.63. The first kappa shape index (κ1) is 15.0. The third-order valence-corrected chi connectivity index (χ3v) is 5.85. The summed E-state index contributed by atoms with van der Waals surface area (Å²) in [5.74, 6) is 10.3. The molecule has 2 rings (SSSR count). The molecule has 1 fully saturated rings. The molecule has 0 aromatic heterocycles. The molecule has 106 valence electrons. The molecular weight excluding hydrogens is 276 g/mol. The maximum absolute atomic E-state index is 5.77. The quantitative estimate of drug-likeness (QED) is 0.646. The molecule has 0 saturated carbocycles. The third kappa shape index (κ3) is 4.31. The number of hydrazine groups is 1. The maximum atomic E-state index is 5.77. The van der Waals surface area contributed by atoms with Crippen LogP contribution in [0.4, 0.5) is 0 Å². The molecule has 0 bridgehead atoms. The average Bonchev–Trinajstić information content (AvgIpc) is 2.40. The molecule has 1 aliphatic heterocycles. The van der Waals surface area contributed by atoms with Crippen molar-refractivity contribution in [3.63, 3.8) is 0 Å². The fourth-order valence-corrected chi connectivity index (χ4v) is 5.02. The van der Waals surface area contributed by atoms with E-state index in [-0.39, 0.29) is 12.1 Å². The van der Waals surface area contributed by atoms with E-state index in [0.29, 0.717) is 5.25 Å². The van der Waals surface area contributed by atoms with Crippen molar-refractivity contribution >= 4 is 23.5 Å².